The second-order valence-electron chi connectivity index (χ2n) is 9.72. The molecule has 0 fully saturated rings. The van der Waals surface area contributed by atoms with Crippen molar-refractivity contribution in [2.45, 2.75) is 113 Å². The number of hydrogen-bond acceptors (Lipinski definition) is 2. The molecular formula is C23H46O2SiSn. The van der Waals surface area contributed by atoms with Gasteiger partial charge in [0.2, 0.25) is 0 Å². The molecule has 1 atom stereocenters. The molecule has 0 aliphatic carbocycles. The summed E-state index contributed by atoms with van der Waals surface area (Å²) >= 11 is -2.48. The summed E-state index contributed by atoms with van der Waals surface area (Å²) in [5.41, 5.74) is 0.0703. The first-order valence-corrected chi connectivity index (χ1v) is 21.7. The standard InChI is InChI=1S/C11H19O2Si.3C4H9.Sn/c1-11(2,3)10(13-14(4)5)9-7-6-8-12-9;3*1-3-4-2;/h6-7,10,14H,1-5H3;3*1,3-4H2,2H3;. The molecule has 0 radical (unpaired) electrons. The van der Waals surface area contributed by atoms with Crippen LogP contribution in [0.15, 0.2) is 16.5 Å². The van der Waals surface area contributed by atoms with Gasteiger partial charge in [0.15, 0.2) is 0 Å². The van der Waals surface area contributed by atoms with E-state index in [4.69, 9.17) is 8.84 Å². The van der Waals surface area contributed by atoms with E-state index in [1.165, 1.54) is 55.6 Å². The molecule has 0 bridgehead atoms. The SMILES string of the molecule is CCC[CH2][Sn]([CH2]CCC)([CH2]CCC)[c]1ccc(C(O[SiH](C)C)C(C)(C)C)o1. The molecule has 0 spiro atoms. The van der Waals surface area contributed by atoms with Crippen molar-refractivity contribution in [2.75, 3.05) is 0 Å². The van der Waals surface area contributed by atoms with Crippen LogP contribution in [0.25, 0.3) is 0 Å². The normalized spacial score (nSPS) is 14.1. The predicted molar refractivity (Wildman–Crippen MR) is 125 cm³/mol. The van der Waals surface area contributed by atoms with Gasteiger partial charge < -0.3 is 0 Å². The quantitative estimate of drug-likeness (QED) is 0.263. The van der Waals surface area contributed by atoms with Crippen molar-refractivity contribution in [1.29, 1.82) is 0 Å². The molecule has 1 aromatic rings. The first-order valence-electron chi connectivity index (χ1n) is 11.5. The van der Waals surface area contributed by atoms with Crippen molar-refractivity contribution in [1.82, 2.24) is 0 Å². The van der Waals surface area contributed by atoms with Gasteiger partial charge in [0.05, 0.1) is 0 Å². The third-order valence-corrected chi connectivity index (χ3v) is 21.4. The number of furan rings is 1. The van der Waals surface area contributed by atoms with E-state index in [0.717, 1.165) is 5.76 Å². The van der Waals surface area contributed by atoms with E-state index in [-0.39, 0.29) is 11.5 Å². The first-order chi connectivity index (χ1) is 12.7. The molecule has 2 nitrogen and oxygen atoms in total. The maximum absolute atomic E-state index is 6.72. The third-order valence-electron chi connectivity index (χ3n) is 5.63. The average Bonchev–Trinajstić information content (AvgIpc) is 3.08. The zero-order valence-corrected chi connectivity index (χ0v) is 23.5. The van der Waals surface area contributed by atoms with Crippen LogP contribution in [0.5, 0.6) is 0 Å². The van der Waals surface area contributed by atoms with Crippen LogP contribution in [0, 0.1) is 5.41 Å². The van der Waals surface area contributed by atoms with Crippen LogP contribution in [-0.4, -0.2) is 27.4 Å². The van der Waals surface area contributed by atoms with Crippen LogP contribution < -0.4 is 3.78 Å². The maximum atomic E-state index is 6.72. The fraction of sp³-hybridized carbons (Fsp3) is 0.826. The van der Waals surface area contributed by atoms with E-state index < -0.39 is 27.4 Å². The van der Waals surface area contributed by atoms with Crippen LogP contribution in [0.3, 0.4) is 0 Å². The summed E-state index contributed by atoms with van der Waals surface area (Å²) in [6.45, 7) is 18.3. The predicted octanol–water partition coefficient (Wildman–Crippen LogP) is 7.42. The van der Waals surface area contributed by atoms with Gasteiger partial charge in [0.1, 0.15) is 0 Å². The van der Waals surface area contributed by atoms with E-state index in [9.17, 15) is 0 Å². The Labute approximate surface area is 175 Å². The second-order valence-corrected chi connectivity index (χ2v) is 25.1. The summed E-state index contributed by atoms with van der Waals surface area (Å²) in [7, 11) is -1.13. The first kappa shape index (κ1) is 25.3. The molecule has 0 N–H and O–H groups in total. The number of rotatable bonds is 13. The Morgan fingerprint density at radius 1 is 0.926 bits per heavy atom. The summed E-state index contributed by atoms with van der Waals surface area (Å²) in [5.74, 6) is 1.09. The van der Waals surface area contributed by atoms with Gasteiger partial charge in [-0.25, -0.2) is 0 Å². The molecule has 158 valence electrons. The summed E-state index contributed by atoms with van der Waals surface area (Å²) < 4.78 is 19.0. The van der Waals surface area contributed by atoms with Crippen molar-refractivity contribution in [2.24, 2.45) is 5.41 Å². The Morgan fingerprint density at radius 2 is 1.41 bits per heavy atom. The Hall–Kier alpha value is 0.256. The molecule has 1 heterocycles. The number of unbranched alkanes of at least 4 members (excludes halogenated alkanes) is 3. The summed E-state index contributed by atoms with van der Waals surface area (Å²) in [6.07, 6.45) is 8.11. The minimum atomic E-state index is -2.48. The van der Waals surface area contributed by atoms with Crippen LogP contribution in [-0.2, 0) is 4.43 Å². The van der Waals surface area contributed by atoms with Gasteiger partial charge in [-0.05, 0) is 0 Å². The molecule has 0 saturated carbocycles. The van der Waals surface area contributed by atoms with Crippen molar-refractivity contribution < 1.29 is 8.84 Å². The van der Waals surface area contributed by atoms with Crippen LogP contribution in [0.4, 0.5) is 0 Å². The van der Waals surface area contributed by atoms with Gasteiger partial charge in [-0.15, -0.1) is 0 Å². The van der Waals surface area contributed by atoms with E-state index in [1.807, 2.05) is 0 Å². The zero-order chi connectivity index (χ0) is 20.5. The molecule has 0 aromatic carbocycles. The average molecular weight is 501 g/mol. The van der Waals surface area contributed by atoms with Crippen molar-refractivity contribution in [3.05, 3.63) is 17.9 Å². The Balaban J connectivity index is 3.25. The fourth-order valence-corrected chi connectivity index (χ4v) is 20.4. The van der Waals surface area contributed by atoms with Gasteiger partial charge in [-0.1, -0.05) is 0 Å². The number of hydrogen-bond donors (Lipinski definition) is 0. The Morgan fingerprint density at radius 3 is 1.78 bits per heavy atom. The topological polar surface area (TPSA) is 22.4 Å². The molecule has 0 amide bonds. The van der Waals surface area contributed by atoms with Gasteiger partial charge in [-0.3, -0.25) is 0 Å². The second kappa shape index (κ2) is 12.1. The van der Waals surface area contributed by atoms with Crippen molar-refractivity contribution in [3.8, 4) is 0 Å². The van der Waals surface area contributed by atoms with E-state index in [2.05, 4.69) is 66.8 Å². The van der Waals surface area contributed by atoms with Gasteiger partial charge in [0, 0.05) is 0 Å². The van der Waals surface area contributed by atoms with Crippen molar-refractivity contribution >= 4 is 31.2 Å². The molecule has 0 saturated heterocycles. The summed E-state index contributed by atoms with van der Waals surface area (Å²) in [4.78, 5) is 0. The third kappa shape index (κ3) is 7.89. The Kier molecular flexibility index (Phi) is 11.3. The van der Waals surface area contributed by atoms with Crippen LogP contribution in [0.2, 0.25) is 26.4 Å². The molecule has 0 aliphatic rings. The van der Waals surface area contributed by atoms with E-state index in [0.29, 0.717) is 0 Å². The van der Waals surface area contributed by atoms with Gasteiger partial charge in [-0.2, -0.15) is 0 Å². The molecule has 1 aromatic heterocycles. The Bertz CT molecular complexity index is 497. The summed E-state index contributed by atoms with van der Waals surface area (Å²) in [5, 5.41) is 0. The zero-order valence-electron chi connectivity index (χ0n) is 19.5. The fourth-order valence-electron chi connectivity index (χ4n) is 4.04. The molecule has 4 heteroatoms. The minimum absolute atomic E-state index is 0.0703. The molecule has 1 rings (SSSR count). The van der Waals surface area contributed by atoms with Gasteiger partial charge >= 0.3 is 176 Å². The monoisotopic (exact) mass is 502 g/mol. The van der Waals surface area contributed by atoms with Crippen LogP contribution in [0.1, 0.15) is 91.9 Å². The van der Waals surface area contributed by atoms with Crippen molar-refractivity contribution in [3.63, 3.8) is 0 Å². The van der Waals surface area contributed by atoms with E-state index in [1.54, 1.807) is 0 Å². The van der Waals surface area contributed by atoms with Gasteiger partial charge in [0.25, 0.3) is 0 Å². The van der Waals surface area contributed by atoms with Crippen LogP contribution >= 0.6 is 0 Å². The summed E-state index contributed by atoms with van der Waals surface area (Å²) in [6, 6.07) is 4.63. The van der Waals surface area contributed by atoms with E-state index >= 15 is 0 Å². The molecule has 27 heavy (non-hydrogen) atoms. The molecular weight excluding hydrogens is 455 g/mol. The molecule has 0 aliphatic heterocycles. The molecule has 1 unspecified atom stereocenters.